The monoisotopic (exact) mass is 545 g/mol. The van der Waals surface area contributed by atoms with Crippen molar-refractivity contribution < 1.29 is 14.5 Å². The van der Waals surface area contributed by atoms with Gasteiger partial charge in [0.15, 0.2) is 0 Å². The lowest BCUT2D eigenvalue weighted by molar-refractivity contribution is -0.384. The van der Waals surface area contributed by atoms with Crippen LogP contribution in [0, 0.1) is 17.0 Å². The number of non-ortho nitro benzene ring substituents is 1. The van der Waals surface area contributed by atoms with E-state index < -0.39 is 16.1 Å². The van der Waals surface area contributed by atoms with Gasteiger partial charge in [0.25, 0.3) is 17.2 Å². The molecule has 0 aliphatic heterocycles. The Morgan fingerprint density at radius 2 is 1.72 bits per heavy atom. The molecule has 0 aliphatic carbocycles. The quantitative estimate of drug-likeness (QED) is 0.170. The molecule has 2 N–H and O–H groups in total. The van der Waals surface area contributed by atoms with Crippen molar-refractivity contribution in [2.75, 3.05) is 10.6 Å². The number of amides is 2. The Hall–Kier alpha value is -4.64. The number of nitro benzene ring substituents is 1. The molecule has 4 aromatic rings. The Bertz CT molecular complexity index is 1600. The second kappa shape index (κ2) is 11.8. The molecule has 0 saturated heterocycles. The standard InChI is InChI=1S/C28H27N5O5S/c1-4-24(27(35)30-25-18(2)31(3)32(28(25)36)21-12-6-5-7-13-21)39-23-15-9-11-20(17-23)29-26(34)19-10-8-14-22(16-19)33(37)38/h5-17,24H,4H2,1-3H3,(H,29,34)(H,30,35). The molecule has 10 nitrogen and oxygen atoms in total. The van der Waals surface area contributed by atoms with Crippen molar-refractivity contribution in [3.05, 3.63) is 111 Å². The molecule has 0 bridgehead atoms. The molecule has 0 fully saturated rings. The molecule has 39 heavy (non-hydrogen) atoms. The minimum Gasteiger partial charge on any atom is -0.322 e. The number of rotatable bonds is 9. The number of hydrogen-bond acceptors (Lipinski definition) is 6. The molecule has 11 heteroatoms. The van der Waals surface area contributed by atoms with E-state index in [4.69, 9.17) is 0 Å². The first-order chi connectivity index (χ1) is 18.7. The van der Waals surface area contributed by atoms with E-state index >= 15 is 0 Å². The second-order valence-electron chi connectivity index (χ2n) is 8.73. The number of anilines is 2. The van der Waals surface area contributed by atoms with Crippen molar-refractivity contribution in [1.82, 2.24) is 9.36 Å². The number of nitrogens with one attached hydrogen (secondary N) is 2. The van der Waals surface area contributed by atoms with E-state index in [1.807, 2.05) is 43.3 Å². The number of carbonyl (C=O) groups is 2. The number of nitrogens with zero attached hydrogens (tertiary/aromatic N) is 3. The number of aromatic nitrogens is 2. The van der Waals surface area contributed by atoms with Crippen LogP contribution >= 0.6 is 11.8 Å². The van der Waals surface area contributed by atoms with Gasteiger partial charge in [-0.25, -0.2) is 4.68 Å². The third-order valence-electron chi connectivity index (χ3n) is 6.16. The van der Waals surface area contributed by atoms with Crippen molar-refractivity contribution in [3.63, 3.8) is 0 Å². The number of nitro groups is 1. The topological polar surface area (TPSA) is 128 Å². The van der Waals surface area contributed by atoms with E-state index in [1.54, 1.807) is 36.9 Å². The van der Waals surface area contributed by atoms with Crippen LogP contribution in [0.5, 0.6) is 0 Å². The Morgan fingerprint density at radius 3 is 2.41 bits per heavy atom. The Labute approximate surface area is 228 Å². The highest BCUT2D eigenvalue weighted by atomic mass is 32.2. The minimum atomic E-state index is -0.558. The maximum Gasteiger partial charge on any atom is 0.295 e. The molecule has 1 atom stereocenters. The van der Waals surface area contributed by atoms with Crippen molar-refractivity contribution in [3.8, 4) is 5.69 Å². The largest absolute Gasteiger partial charge is 0.322 e. The highest BCUT2D eigenvalue weighted by Crippen LogP contribution is 2.29. The van der Waals surface area contributed by atoms with Crippen LogP contribution < -0.4 is 16.2 Å². The summed E-state index contributed by atoms with van der Waals surface area (Å²) in [7, 11) is 1.76. The molecule has 4 rings (SSSR count). The number of para-hydroxylation sites is 1. The van der Waals surface area contributed by atoms with Crippen LogP contribution in [0.15, 0.2) is 88.6 Å². The predicted octanol–water partition coefficient (Wildman–Crippen LogP) is 5.15. The van der Waals surface area contributed by atoms with Crippen LogP contribution in [0.1, 0.15) is 29.4 Å². The smallest absolute Gasteiger partial charge is 0.295 e. The molecular weight excluding hydrogens is 518 g/mol. The number of benzene rings is 3. The van der Waals surface area contributed by atoms with E-state index in [0.717, 1.165) is 4.90 Å². The Morgan fingerprint density at radius 1 is 1.00 bits per heavy atom. The molecule has 1 aromatic heterocycles. The molecule has 1 heterocycles. The van der Waals surface area contributed by atoms with Crippen molar-refractivity contribution in [2.45, 2.75) is 30.4 Å². The molecule has 200 valence electrons. The van der Waals surface area contributed by atoms with E-state index in [9.17, 15) is 24.5 Å². The maximum atomic E-state index is 13.2. The summed E-state index contributed by atoms with van der Waals surface area (Å²) in [5.74, 6) is -0.792. The van der Waals surface area contributed by atoms with Gasteiger partial charge in [0, 0.05) is 35.3 Å². The summed E-state index contributed by atoms with van der Waals surface area (Å²) in [5, 5.41) is 16.1. The third-order valence-corrected chi connectivity index (χ3v) is 7.51. The zero-order valence-electron chi connectivity index (χ0n) is 21.6. The van der Waals surface area contributed by atoms with Gasteiger partial charge in [-0.3, -0.25) is 29.2 Å². The van der Waals surface area contributed by atoms with E-state index in [-0.39, 0.29) is 28.4 Å². The van der Waals surface area contributed by atoms with Gasteiger partial charge in [-0.2, -0.15) is 0 Å². The van der Waals surface area contributed by atoms with Crippen molar-refractivity contribution in [1.29, 1.82) is 0 Å². The maximum absolute atomic E-state index is 13.2. The molecule has 3 aromatic carbocycles. The molecule has 0 aliphatic rings. The zero-order chi connectivity index (χ0) is 28.1. The fraction of sp³-hybridized carbons (Fsp3) is 0.179. The SMILES string of the molecule is CCC(Sc1cccc(NC(=O)c2cccc([N+](=O)[O-])c2)c1)C(=O)Nc1c(C)n(C)n(-c2ccccc2)c1=O. The number of hydrogen-bond donors (Lipinski definition) is 2. The summed E-state index contributed by atoms with van der Waals surface area (Å²) in [6, 6.07) is 21.7. The van der Waals surface area contributed by atoms with Crippen LogP contribution in [-0.2, 0) is 11.8 Å². The molecule has 0 spiro atoms. The van der Waals surface area contributed by atoms with Crippen molar-refractivity contribution in [2.24, 2.45) is 7.05 Å². The van der Waals surface area contributed by atoms with Gasteiger partial charge in [-0.1, -0.05) is 37.3 Å². The predicted molar refractivity (Wildman–Crippen MR) is 152 cm³/mol. The van der Waals surface area contributed by atoms with Crippen LogP contribution in [0.4, 0.5) is 17.1 Å². The first-order valence-electron chi connectivity index (χ1n) is 12.2. The van der Waals surface area contributed by atoms with Gasteiger partial charge in [-0.05, 0) is 49.7 Å². The highest BCUT2D eigenvalue weighted by Gasteiger charge is 2.23. The average molecular weight is 546 g/mol. The first kappa shape index (κ1) is 27.4. The molecule has 2 amide bonds. The average Bonchev–Trinajstić information content (AvgIpc) is 3.15. The van der Waals surface area contributed by atoms with Gasteiger partial charge < -0.3 is 10.6 Å². The third kappa shape index (κ3) is 6.10. The summed E-state index contributed by atoms with van der Waals surface area (Å²) in [5.41, 5.74) is 1.70. The van der Waals surface area contributed by atoms with Gasteiger partial charge in [0.2, 0.25) is 5.91 Å². The zero-order valence-corrected chi connectivity index (χ0v) is 22.4. The molecular formula is C28H27N5O5S. The van der Waals surface area contributed by atoms with Crippen LogP contribution in [0.3, 0.4) is 0 Å². The van der Waals surface area contributed by atoms with Crippen LogP contribution in [-0.4, -0.2) is 31.4 Å². The van der Waals surface area contributed by atoms with E-state index in [1.165, 1.54) is 40.7 Å². The van der Waals surface area contributed by atoms with E-state index in [0.29, 0.717) is 23.5 Å². The van der Waals surface area contributed by atoms with Gasteiger partial charge >= 0.3 is 0 Å². The molecule has 0 radical (unpaired) electrons. The summed E-state index contributed by atoms with van der Waals surface area (Å²) in [4.78, 5) is 50.3. The normalized spacial score (nSPS) is 11.6. The number of carbonyl (C=O) groups excluding carboxylic acids is 2. The highest BCUT2D eigenvalue weighted by molar-refractivity contribution is 8.00. The molecule has 1 unspecified atom stereocenters. The van der Waals surface area contributed by atoms with Gasteiger partial charge in [-0.15, -0.1) is 11.8 Å². The number of thioether (sulfide) groups is 1. The molecule has 0 saturated carbocycles. The van der Waals surface area contributed by atoms with E-state index in [2.05, 4.69) is 10.6 Å². The summed E-state index contributed by atoms with van der Waals surface area (Å²) >= 11 is 1.31. The Kier molecular flexibility index (Phi) is 8.30. The van der Waals surface area contributed by atoms with Crippen LogP contribution in [0.2, 0.25) is 0 Å². The lowest BCUT2D eigenvalue weighted by Crippen LogP contribution is -2.28. The van der Waals surface area contributed by atoms with Gasteiger partial charge in [0.1, 0.15) is 5.69 Å². The minimum absolute atomic E-state index is 0.160. The van der Waals surface area contributed by atoms with Crippen molar-refractivity contribution >= 4 is 40.6 Å². The Balaban J connectivity index is 1.48. The summed E-state index contributed by atoms with van der Waals surface area (Å²) < 4.78 is 3.21. The lowest BCUT2D eigenvalue weighted by Gasteiger charge is -2.15. The van der Waals surface area contributed by atoms with Gasteiger partial charge in [0.05, 0.1) is 21.6 Å². The first-order valence-corrected chi connectivity index (χ1v) is 13.0. The second-order valence-corrected chi connectivity index (χ2v) is 10.0. The summed E-state index contributed by atoms with van der Waals surface area (Å²) in [6.45, 7) is 3.66. The van der Waals surface area contributed by atoms with Crippen LogP contribution in [0.25, 0.3) is 5.69 Å². The summed E-state index contributed by atoms with van der Waals surface area (Å²) in [6.07, 6.45) is 0.500. The lowest BCUT2D eigenvalue weighted by atomic mass is 10.2. The fourth-order valence-electron chi connectivity index (χ4n) is 4.01. The fourth-order valence-corrected chi connectivity index (χ4v) is 5.03.